The summed E-state index contributed by atoms with van der Waals surface area (Å²) in [5, 5.41) is 8.48. The van der Waals surface area contributed by atoms with Gasteiger partial charge in [0.25, 0.3) is 11.8 Å². The van der Waals surface area contributed by atoms with E-state index >= 15 is 0 Å². The number of aromatic nitrogens is 4. The smallest absolute Gasteiger partial charge is 0.278 e. The van der Waals surface area contributed by atoms with Gasteiger partial charge in [0.15, 0.2) is 19.0 Å². The minimum Gasteiger partial charge on any atom is -0.484 e. The fourth-order valence-electron chi connectivity index (χ4n) is 3.36. The zero-order chi connectivity index (χ0) is 24.0. The summed E-state index contributed by atoms with van der Waals surface area (Å²) < 4.78 is 18.1. The van der Waals surface area contributed by atoms with E-state index in [0.717, 1.165) is 22.4 Å². The maximum Gasteiger partial charge on any atom is 0.278 e. The molecule has 5 aromatic rings. The summed E-state index contributed by atoms with van der Waals surface area (Å²) in [5.41, 5.74) is 8.63. The number of carbonyl (C=O) groups excluding carboxylic acids is 1. The van der Waals surface area contributed by atoms with Crippen LogP contribution in [0, 0.1) is 0 Å². The topological polar surface area (TPSA) is 118 Å². The first kappa shape index (κ1) is 21.9. The second kappa shape index (κ2) is 9.92. The molecule has 2 aromatic heterocycles. The number of nitrogens with two attached hydrogens (primary N) is 1. The Kier molecular flexibility index (Phi) is 6.21. The fraction of sp³-hybridized carbons (Fsp3) is 0.0769. The highest BCUT2D eigenvalue weighted by molar-refractivity contribution is 5.75. The van der Waals surface area contributed by atoms with Crippen LogP contribution in [-0.4, -0.2) is 32.4 Å². The van der Waals surface area contributed by atoms with Crippen LogP contribution in [0.5, 0.6) is 11.5 Å². The summed E-state index contributed by atoms with van der Waals surface area (Å²) in [6, 6.07) is 26.8. The molecule has 5 rings (SSSR count). The van der Waals surface area contributed by atoms with Crippen molar-refractivity contribution in [2.24, 2.45) is 5.73 Å². The molecule has 0 atom stereocenters. The lowest BCUT2D eigenvalue weighted by molar-refractivity contribution is -0.119. The normalized spacial score (nSPS) is 10.7. The molecule has 0 radical (unpaired) electrons. The number of rotatable bonds is 9. The van der Waals surface area contributed by atoms with E-state index in [4.69, 9.17) is 19.7 Å². The van der Waals surface area contributed by atoms with Gasteiger partial charge in [-0.1, -0.05) is 47.6 Å². The number of nitrogens with zero attached hydrogens (tertiary/aromatic N) is 4. The molecule has 3 aromatic carbocycles. The second-order valence-electron chi connectivity index (χ2n) is 7.61. The maximum atomic E-state index is 10.8. The molecule has 0 fully saturated rings. The Morgan fingerprint density at radius 2 is 1.49 bits per heavy atom. The van der Waals surface area contributed by atoms with Crippen LogP contribution in [-0.2, 0) is 11.5 Å². The highest BCUT2D eigenvalue weighted by Gasteiger charge is 2.13. The SMILES string of the molecule is NC(=O)COc1ccc(-c2noc(-c3ccn(COc4ccc(-c5ccccc5)cc4)n3)n2)cc1. The third-order valence-electron chi connectivity index (χ3n) is 5.10. The molecule has 2 N–H and O–H groups in total. The van der Waals surface area contributed by atoms with Gasteiger partial charge in [-0.2, -0.15) is 10.1 Å². The van der Waals surface area contributed by atoms with Crippen LogP contribution >= 0.6 is 0 Å². The summed E-state index contributed by atoms with van der Waals surface area (Å²) in [6.45, 7) is 0.0511. The van der Waals surface area contributed by atoms with Crippen molar-refractivity contribution in [1.29, 1.82) is 0 Å². The van der Waals surface area contributed by atoms with Gasteiger partial charge >= 0.3 is 0 Å². The number of hydrogen-bond donors (Lipinski definition) is 1. The molecule has 0 spiro atoms. The average Bonchev–Trinajstić information content (AvgIpc) is 3.57. The van der Waals surface area contributed by atoms with Crippen molar-refractivity contribution in [2.45, 2.75) is 6.73 Å². The van der Waals surface area contributed by atoms with Crippen molar-refractivity contribution in [3.8, 4) is 45.6 Å². The lowest BCUT2D eigenvalue weighted by Crippen LogP contribution is -2.19. The Balaban J connectivity index is 1.20. The van der Waals surface area contributed by atoms with Gasteiger partial charge in [-0.3, -0.25) is 4.79 Å². The summed E-state index contributed by atoms with van der Waals surface area (Å²) in [5.74, 6) is 1.42. The maximum absolute atomic E-state index is 10.8. The van der Waals surface area contributed by atoms with E-state index in [2.05, 4.69) is 27.4 Å². The van der Waals surface area contributed by atoms with E-state index in [0.29, 0.717) is 23.2 Å². The molecule has 0 aliphatic heterocycles. The first-order valence-corrected chi connectivity index (χ1v) is 10.8. The van der Waals surface area contributed by atoms with Crippen LogP contribution in [0.3, 0.4) is 0 Å². The van der Waals surface area contributed by atoms with Crippen LogP contribution in [0.25, 0.3) is 34.1 Å². The zero-order valence-electron chi connectivity index (χ0n) is 18.6. The molecular weight excluding hydrogens is 446 g/mol. The summed E-state index contributed by atoms with van der Waals surface area (Å²) in [6.07, 6.45) is 1.78. The molecule has 2 heterocycles. The molecule has 174 valence electrons. The summed E-state index contributed by atoms with van der Waals surface area (Å²) in [7, 11) is 0. The van der Waals surface area contributed by atoms with Crippen LogP contribution in [0.15, 0.2) is 95.6 Å². The second-order valence-corrected chi connectivity index (χ2v) is 7.61. The third-order valence-corrected chi connectivity index (χ3v) is 5.10. The van der Waals surface area contributed by atoms with Gasteiger partial charge in [0.05, 0.1) is 0 Å². The lowest BCUT2D eigenvalue weighted by Gasteiger charge is -2.07. The molecular formula is C26H21N5O4. The first-order valence-electron chi connectivity index (χ1n) is 10.8. The van der Waals surface area contributed by atoms with Crippen LogP contribution in [0.1, 0.15) is 0 Å². The molecule has 9 heteroatoms. The molecule has 0 saturated heterocycles. The number of hydrogen-bond acceptors (Lipinski definition) is 7. The van der Waals surface area contributed by atoms with Crippen molar-refractivity contribution < 1.29 is 18.8 Å². The number of amides is 1. The zero-order valence-corrected chi connectivity index (χ0v) is 18.6. The van der Waals surface area contributed by atoms with Gasteiger partial charge in [-0.15, -0.1) is 0 Å². The Morgan fingerprint density at radius 3 is 2.20 bits per heavy atom. The minimum atomic E-state index is -0.539. The highest BCUT2D eigenvalue weighted by atomic mass is 16.5. The molecule has 0 unspecified atom stereocenters. The molecule has 0 saturated carbocycles. The van der Waals surface area contributed by atoms with Crippen molar-refractivity contribution in [3.63, 3.8) is 0 Å². The lowest BCUT2D eigenvalue weighted by atomic mass is 10.1. The fourth-order valence-corrected chi connectivity index (χ4v) is 3.36. The molecule has 0 bridgehead atoms. The summed E-state index contributed by atoms with van der Waals surface area (Å²) >= 11 is 0. The van der Waals surface area contributed by atoms with Crippen molar-refractivity contribution in [2.75, 3.05) is 6.61 Å². The number of benzene rings is 3. The predicted molar refractivity (Wildman–Crippen MR) is 128 cm³/mol. The number of primary amides is 1. The Labute approximate surface area is 200 Å². The van der Waals surface area contributed by atoms with Crippen molar-refractivity contribution >= 4 is 5.91 Å². The van der Waals surface area contributed by atoms with Gasteiger partial charge in [0.2, 0.25) is 5.82 Å². The monoisotopic (exact) mass is 467 g/mol. The van der Waals surface area contributed by atoms with Crippen LogP contribution in [0.4, 0.5) is 0 Å². The van der Waals surface area contributed by atoms with Gasteiger partial charge < -0.3 is 19.7 Å². The Bertz CT molecular complexity index is 1410. The molecule has 35 heavy (non-hydrogen) atoms. The predicted octanol–water partition coefficient (Wildman–Crippen LogP) is 4.17. The first-order chi connectivity index (χ1) is 17.1. The third kappa shape index (κ3) is 5.36. The molecule has 9 nitrogen and oxygen atoms in total. The van der Waals surface area contributed by atoms with E-state index in [1.807, 2.05) is 42.5 Å². The van der Waals surface area contributed by atoms with Gasteiger partial charge in [0, 0.05) is 11.8 Å². The van der Waals surface area contributed by atoms with Crippen molar-refractivity contribution in [1.82, 2.24) is 19.9 Å². The molecule has 1 amide bonds. The molecule has 0 aliphatic carbocycles. The Hall–Kier alpha value is -4.92. The van der Waals surface area contributed by atoms with Crippen LogP contribution < -0.4 is 15.2 Å². The average molecular weight is 467 g/mol. The largest absolute Gasteiger partial charge is 0.484 e. The number of ether oxygens (including phenoxy) is 2. The summed E-state index contributed by atoms with van der Waals surface area (Å²) in [4.78, 5) is 15.2. The quantitative estimate of drug-likeness (QED) is 0.346. The van der Waals surface area contributed by atoms with Gasteiger partial charge in [0.1, 0.15) is 11.5 Å². The standard InChI is InChI=1S/C26H21N5O4/c27-24(32)16-33-21-12-8-20(9-13-21)25-28-26(35-30-25)23-14-15-31(29-23)17-34-22-10-6-19(7-11-22)18-4-2-1-3-5-18/h1-15H,16-17H2,(H2,27,32). The van der Waals surface area contributed by atoms with Gasteiger partial charge in [-0.05, 0) is 53.6 Å². The van der Waals surface area contributed by atoms with E-state index in [1.165, 1.54) is 0 Å². The van der Waals surface area contributed by atoms with Crippen LogP contribution in [0.2, 0.25) is 0 Å². The van der Waals surface area contributed by atoms with E-state index in [9.17, 15) is 4.79 Å². The van der Waals surface area contributed by atoms with Gasteiger partial charge in [-0.25, -0.2) is 4.68 Å². The van der Waals surface area contributed by atoms with E-state index in [-0.39, 0.29) is 13.3 Å². The van der Waals surface area contributed by atoms with Crippen molar-refractivity contribution in [3.05, 3.63) is 91.1 Å². The Morgan fingerprint density at radius 1 is 0.829 bits per heavy atom. The van der Waals surface area contributed by atoms with E-state index in [1.54, 1.807) is 41.2 Å². The van der Waals surface area contributed by atoms with E-state index < -0.39 is 5.91 Å². The molecule has 0 aliphatic rings. The highest BCUT2D eigenvalue weighted by Crippen LogP contribution is 2.24. The number of carbonyl (C=O) groups is 1. The minimum absolute atomic E-state index is 0.183.